The van der Waals surface area contributed by atoms with E-state index in [-0.39, 0.29) is 5.41 Å². The van der Waals surface area contributed by atoms with Gasteiger partial charge in [-0.25, -0.2) is 0 Å². The van der Waals surface area contributed by atoms with E-state index in [1.807, 2.05) is 11.3 Å². The highest BCUT2D eigenvalue weighted by atomic mass is 32.1. The number of para-hydroxylation sites is 1. The van der Waals surface area contributed by atoms with Crippen molar-refractivity contribution < 1.29 is 0 Å². The van der Waals surface area contributed by atoms with E-state index < -0.39 is 0 Å². The van der Waals surface area contributed by atoms with E-state index in [0.717, 1.165) is 0 Å². The van der Waals surface area contributed by atoms with Crippen molar-refractivity contribution in [3.63, 3.8) is 0 Å². The van der Waals surface area contributed by atoms with Crippen LogP contribution in [0.4, 0.5) is 17.1 Å². The summed E-state index contributed by atoms with van der Waals surface area (Å²) in [5.74, 6) is 0. The predicted octanol–water partition coefficient (Wildman–Crippen LogP) is 13.8. The Morgan fingerprint density at radius 3 is 1.94 bits per heavy atom. The van der Waals surface area contributed by atoms with E-state index in [4.69, 9.17) is 0 Å². The largest absolute Gasteiger partial charge is 0.309 e. The van der Waals surface area contributed by atoms with Crippen LogP contribution in [0.25, 0.3) is 64.0 Å². The minimum atomic E-state index is -0.106. The molecule has 10 rings (SSSR count). The van der Waals surface area contributed by atoms with Gasteiger partial charge in [-0.05, 0) is 97.9 Å². The van der Waals surface area contributed by atoms with Crippen molar-refractivity contribution in [3.05, 3.63) is 175 Å². The summed E-state index contributed by atoms with van der Waals surface area (Å²) >= 11 is 1.89. The molecule has 0 unspecified atom stereocenters. The third-order valence-corrected chi connectivity index (χ3v) is 11.7. The van der Waals surface area contributed by atoms with Gasteiger partial charge in [0.2, 0.25) is 0 Å². The number of fused-ring (bicyclic) bond motifs is 8. The fraction of sp³-hybridized carbons (Fsp3) is 0.0638. The van der Waals surface area contributed by atoms with Crippen molar-refractivity contribution in [2.75, 3.05) is 4.90 Å². The van der Waals surface area contributed by atoms with E-state index >= 15 is 0 Å². The monoisotopic (exact) mass is 643 g/mol. The predicted molar refractivity (Wildman–Crippen MR) is 212 cm³/mol. The maximum absolute atomic E-state index is 2.52. The molecule has 0 fully saturated rings. The number of hydrogen-bond acceptors (Lipinski definition) is 2. The molecule has 1 aromatic heterocycles. The van der Waals surface area contributed by atoms with Crippen LogP contribution in [-0.2, 0) is 5.41 Å². The highest BCUT2D eigenvalue weighted by molar-refractivity contribution is 7.26. The van der Waals surface area contributed by atoms with Crippen LogP contribution in [0.2, 0.25) is 0 Å². The molecule has 1 nitrogen and oxygen atoms in total. The Labute approximate surface area is 290 Å². The van der Waals surface area contributed by atoms with Crippen molar-refractivity contribution in [2.45, 2.75) is 19.3 Å². The lowest BCUT2D eigenvalue weighted by Crippen LogP contribution is -2.17. The molecule has 0 amide bonds. The van der Waals surface area contributed by atoms with Crippen LogP contribution >= 0.6 is 11.3 Å². The summed E-state index contributed by atoms with van der Waals surface area (Å²) in [6.45, 7) is 4.74. The van der Waals surface area contributed by atoms with Crippen molar-refractivity contribution >= 4 is 70.1 Å². The first-order valence-electron chi connectivity index (χ1n) is 17.0. The van der Waals surface area contributed by atoms with E-state index in [9.17, 15) is 0 Å². The SMILES string of the molecule is CC1(C)c2ccccc2-c2ccc(N(c3ccccc3-c3ccc4ccccc4c3)c3cccc4sc5cc6ccccc6cc5c34)cc21. The number of thiophene rings is 1. The van der Waals surface area contributed by atoms with Crippen molar-refractivity contribution in [1.82, 2.24) is 0 Å². The minimum absolute atomic E-state index is 0.106. The molecule has 1 aliphatic carbocycles. The van der Waals surface area contributed by atoms with Crippen LogP contribution in [-0.4, -0.2) is 0 Å². The van der Waals surface area contributed by atoms with E-state index in [1.54, 1.807) is 0 Å². The van der Waals surface area contributed by atoms with Gasteiger partial charge < -0.3 is 4.90 Å². The first kappa shape index (κ1) is 28.3. The molecular weight excluding hydrogens is 611 g/mol. The molecule has 0 atom stereocenters. The summed E-state index contributed by atoms with van der Waals surface area (Å²) in [5, 5.41) is 7.65. The number of nitrogens with zero attached hydrogens (tertiary/aromatic N) is 1. The molecule has 0 N–H and O–H groups in total. The smallest absolute Gasteiger partial charge is 0.0555 e. The number of rotatable bonds is 4. The van der Waals surface area contributed by atoms with Gasteiger partial charge >= 0.3 is 0 Å². The molecule has 0 spiro atoms. The van der Waals surface area contributed by atoms with E-state index in [0.29, 0.717) is 0 Å². The molecule has 232 valence electrons. The zero-order valence-electron chi connectivity index (χ0n) is 27.4. The quantitative estimate of drug-likeness (QED) is 0.184. The third kappa shape index (κ3) is 4.31. The number of benzene rings is 8. The molecule has 8 aromatic carbocycles. The minimum Gasteiger partial charge on any atom is -0.309 e. The van der Waals surface area contributed by atoms with Gasteiger partial charge in [0, 0.05) is 36.8 Å². The lowest BCUT2D eigenvalue weighted by Gasteiger charge is -2.30. The fourth-order valence-corrected chi connectivity index (χ4v) is 9.35. The molecule has 0 saturated heterocycles. The lowest BCUT2D eigenvalue weighted by atomic mass is 9.82. The summed E-state index contributed by atoms with van der Waals surface area (Å²) in [6, 6.07) is 60.7. The normalized spacial score (nSPS) is 13.3. The van der Waals surface area contributed by atoms with Gasteiger partial charge in [0.25, 0.3) is 0 Å². The van der Waals surface area contributed by atoms with Crippen LogP contribution in [0.5, 0.6) is 0 Å². The number of anilines is 3. The Hall–Kier alpha value is -5.70. The number of hydrogen-bond donors (Lipinski definition) is 0. The fourth-order valence-electron chi connectivity index (χ4n) is 8.19. The third-order valence-electron chi connectivity index (χ3n) is 10.6. The van der Waals surface area contributed by atoms with Gasteiger partial charge in [-0.3, -0.25) is 0 Å². The molecule has 0 radical (unpaired) electrons. The van der Waals surface area contributed by atoms with Crippen molar-refractivity contribution in [2.24, 2.45) is 0 Å². The summed E-state index contributed by atoms with van der Waals surface area (Å²) in [7, 11) is 0. The van der Waals surface area contributed by atoms with Gasteiger partial charge in [-0.1, -0.05) is 129 Å². The zero-order valence-corrected chi connectivity index (χ0v) is 28.3. The van der Waals surface area contributed by atoms with Gasteiger partial charge in [0.05, 0.1) is 11.4 Å². The summed E-state index contributed by atoms with van der Waals surface area (Å²) in [5.41, 5.74) is 11.3. The molecule has 0 aliphatic heterocycles. The molecular formula is C47H33NS. The maximum atomic E-state index is 2.52. The van der Waals surface area contributed by atoms with Gasteiger partial charge in [-0.15, -0.1) is 11.3 Å². The van der Waals surface area contributed by atoms with Crippen molar-refractivity contribution in [3.8, 4) is 22.3 Å². The highest BCUT2D eigenvalue weighted by Crippen LogP contribution is 2.52. The zero-order chi connectivity index (χ0) is 32.7. The van der Waals surface area contributed by atoms with Gasteiger partial charge in [-0.2, -0.15) is 0 Å². The van der Waals surface area contributed by atoms with Crippen molar-refractivity contribution in [1.29, 1.82) is 0 Å². The second kappa shape index (κ2) is 10.7. The first-order chi connectivity index (χ1) is 24.0. The Kier molecular flexibility index (Phi) is 6.16. The summed E-state index contributed by atoms with van der Waals surface area (Å²) in [6.07, 6.45) is 0. The van der Waals surface area contributed by atoms with Crippen LogP contribution < -0.4 is 4.90 Å². The molecule has 0 bridgehead atoms. The Bertz CT molecular complexity index is 2770. The van der Waals surface area contributed by atoms with E-state index in [2.05, 4.69) is 183 Å². The molecule has 1 aliphatic rings. The van der Waals surface area contributed by atoms with E-state index in [1.165, 1.54) is 92.2 Å². The average Bonchev–Trinajstić information content (AvgIpc) is 3.62. The molecule has 9 aromatic rings. The van der Waals surface area contributed by atoms with Crippen LogP contribution in [0, 0.1) is 0 Å². The topological polar surface area (TPSA) is 3.24 Å². The standard InChI is InChI=1S/C47H33NS/c1-47(2)40-18-9-7-17-37(40)38-25-24-35(29-41(38)47)48(42-19-10-8-16-36(42)34-23-22-30-12-3-4-13-31(30)26-34)43-20-11-21-44-46(43)39-27-32-14-5-6-15-33(32)28-45(39)49-44/h3-29H,1-2H3. The molecule has 1 heterocycles. The van der Waals surface area contributed by atoms with Crippen LogP contribution in [0.15, 0.2) is 164 Å². The first-order valence-corrected chi connectivity index (χ1v) is 17.8. The highest BCUT2D eigenvalue weighted by Gasteiger charge is 2.36. The van der Waals surface area contributed by atoms with Crippen LogP contribution in [0.3, 0.4) is 0 Å². The second-order valence-corrected chi connectivity index (χ2v) is 14.8. The van der Waals surface area contributed by atoms with Gasteiger partial charge in [0.15, 0.2) is 0 Å². The Morgan fingerprint density at radius 2 is 1.10 bits per heavy atom. The maximum Gasteiger partial charge on any atom is 0.0555 e. The summed E-state index contributed by atoms with van der Waals surface area (Å²) < 4.78 is 2.61. The Balaban J connectivity index is 1.27. The Morgan fingerprint density at radius 1 is 0.449 bits per heavy atom. The lowest BCUT2D eigenvalue weighted by molar-refractivity contribution is 0.660. The second-order valence-electron chi connectivity index (χ2n) is 13.8. The molecule has 49 heavy (non-hydrogen) atoms. The summed E-state index contributed by atoms with van der Waals surface area (Å²) in [4.78, 5) is 2.52. The molecule has 2 heteroatoms. The molecule has 0 saturated carbocycles. The average molecular weight is 644 g/mol. The van der Waals surface area contributed by atoms with Crippen LogP contribution in [0.1, 0.15) is 25.0 Å². The van der Waals surface area contributed by atoms with Gasteiger partial charge in [0.1, 0.15) is 0 Å².